The largest absolute Gasteiger partial charge is 0.298 e. The first-order chi connectivity index (χ1) is 7.86. The fourth-order valence-corrected chi connectivity index (χ4v) is 4.20. The lowest BCUT2D eigenvalue weighted by atomic mass is 9.95. The van der Waals surface area contributed by atoms with Gasteiger partial charge in [-0.3, -0.25) is 9.69 Å². The van der Waals surface area contributed by atoms with Crippen LogP contribution in [0.2, 0.25) is 0 Å². The Morgan fingerprint density at radius 2 is 1.75 bits per heavy atom. The van der Waals surface area contributed by atoms with Crippen molar-refractivity contribution in [3.8, 4) is 0 Å². The van der Waals surface area contributed by atoms with Crippen molar-refractivity contribution in [3.05, 3.63) is 0 Å². The topological polar surface area (TPSA) is 20.3 Å². The molecule has 0 bridgehead atoms. The summed E-state index contributed by atoms with van der Waals surface area (Å²) < 4.78 is 0. The summed E-state index contributed by atoms with van der Waals surface area (Å²) in [4.78, 5) is 14.5. The molecule has 2 unspecified atom stereocenters. The molecule has 0 aromatic carbocycles. The van der Waals surface area contributed by atoms with Gasteiger partial charge in [0, 0.05) is 12.5 Å². The van der Waals surface area contributed by atoms with Crippen LogP contribution >= 0.6 is 0 Å². The molecule has 3 rings (SSSR count). The van der Waals surface area contributed by atoms with Gasteiger partial charge in [-0.25, -0.2) is 0 Å². The number of Topliss-reactive ketones (excluding diaryl/α,β-unsaturated/α-hetero) is 1. The Hall–Kier alpha value is -0.370. The number of carbonyl (C=O) groups is 1. The molecule has 2 saturated carbocycles. The van der Waals surface area contributed by atoms with Crippen LogP contribution in [0.15, 0.2) is 0 Å². The van der Waals surface area contributed by atoms with Gasteiger partial charge in [-0.2, -0.15) is 0 Å². The van der Waals surface area contributed by atoms with Gasteiger partial charge < -0.3 is 0 Å². The molecule has 2 aliphatic carbocycles. The lowest BCUT2D eigenvalue weighted by Gasteiger charge is -2.33. The molecule has 1 aliphatic heterocycles. The van der Waals surface area contributed by atoms with E-state index in [2.05, 4.69) is 4.90 Å². The molecule has 2 heteroatoms. The third-order valence-corrected chi connectivity index (χ3v) is 4.96. The first-order valence-corrected chi connectivity index (χ1v) is 7.15. The van der Waals surface area contributed by atoms with Crippen LogP contribution in [0.25, 0.3) is 0 Å². The lowest BCUT2D eigenvalue weighted by molar-refractivity contribution is -0.122. The molecule has 0 aromatic rings. The van der Waals surface area contributed by atoms with Crippen molar-refractivity contribution in [1.82, 2.24) is 4.90 Å². The molecule has 2 atom stereocenters. The summed E-state index contributed by atoms with van der Waals surface area (Å²) in [7, 11) is 0. The van der Waals surface area contributed by atoms with Crippen molar-refractivity contribution in [3.63, 3.8) is 0 Å². The van der Waals surface area contributed by atoms with Crippen LogP contribution in [0.4, 0.5) is 0 Å². The molecule has 1 saturated heterocycles. The Kier molecular flexibility index (Phi) is 3.01. The minimum absolute atomic E-state index is 0.313. The molecule has 1 heterocycles. The molecule has 0 aromatic heterocycles. The Balaban J connectivity index is 1.70. The smallest absolute Gasteiger partial charge is 0.149 e. The first-order valence-electron chi connectivity index (χ1n) is 7.15. The number of hydrogen-bond acceptors (Lipinski definition) is 2. The average molecular weight is 221 g/mol. The summed E-state index contributed by atoms with van der Waals surface area (Å²) in [5, 5.41) is 0. The van der Waals surface area contributed by atoms with E-state index in [4.69, 9.17) is 0 Å². The van der Waals surface area contributed by atoms with Crippen LogP contribution in [-0.4, -0.2) is 29.3 Å². The SMILES string of the molecule is O=C1CCCC1N1CCCC1C1CCCC1. The molecule has 0 amide bonds. The number of likely N-dealkylation sites (tertiary alicyclic amines) is 1. The molecular weight excluding hydrogens is 198 g/mol. The van der Waals surface area contributed by atoms with Crippen LogP contribution in [0.1, 0.15) is 57.8 Å². The maximum absolute atomic E-state index is 11.9. The third-order valence-electron chi connectivity index (χ3n) is 4.96. The number of nitrogens with zero attached hydrogens (tertiary/aromatic N) is 1. The standard InChI is InChI=1S/C14H23NO/c16-14-9-3-7-13(14)15-10-4-8-12(15)11-5-1-2-6-11/h11-13H,1-10H2. The Morgan fingerprint density at radius 3 is 2.44 bits per heavy atom. The molecule has 16 heavy (non-hydrogen) atoms. The monoisotopic (exact) mass is 221 g/mol. The van der Waals surface area contributed by atoms with Crippen molar-refractivity contribution < 1.29 is 4.79 Å². The third kappa shape index (κ3) is 1.81. The number of hydrogen-bond donors (Lipinski definition) is 0. The zero-order chi connectivity index (χ0) is 11.0. The Labute approximate surface area is 98.4 Å². The highest BCUT2D eigenvalue weighted by molar-refractivity contribution is 5.86. The van der Waals surface area contributed by atoms with E-state index in [0.717, 1.165) is 31.2 Å². The maximum atomic E-state index is 11.9. The fraction of sp³-hybridized carbons (Fsp3) is 0.929. The highest BCUT2D eigenvalue weighted by atomic mass is 16.1. The van der Waals surface area contributed by atoms with Crippen molar-refractivity contribution in [1.29, 1.82) is 0 Å². The molecule has 0 radical (unpaired) electrons. The van der Waals surface area contributed by atoms with Crippen LogP contribution in [0.3, 0.4) is 0 Å². The van der Waals surface area contributed by atoms with E-state index in [-0.39, 0.29) is 0 Å². The summed E-state index contributed by atoms with van der Waals surface area (Å²) in [5.41, 5.74) is 0. The van der Waals surface area contributed by atoms with Crippen LogP contribution < -0.4 is 0 Å². The highest BCUT2D eigenvalue weighted by Gasteiger charge is 2.40. The predicted octanol–water partition coefficient (Wildman–Crippen LogP) is 2.76. The second-order valence-electron chi connectivity index (χ2n) is 5.87. The van der Waals surface area contributed by atoms with Gasteiger partial charge in [-0.1, -0.05) is 12.8 Å². The fourth-order valence-electron chi connectivity index (χ4n) is 4.20. The lowest BCUT2D eigenvalue weighted by Crippen LogP contribution is -2.44. The molecular formula is C14H23NO. The molecule has 90 valence electrons. The zero-order valence-electron chi connectivity index (χ0n) is 10.2. The van der Waals surface area contributed by atoms with Gasteiger partial charge in [0.05, 0.1) is 6.04 Å². The highest BCUT2D eigenvalue weighted by Crippen LogP contribution is 2.38. The van der Waals surface area contributed by atoms with Gasteiger partial charge >= 0.3 is 0 Å². The van der Waals surface area contributed by atoms with E-state index in [1.807, 2.05) is 0 Å². The van der Waals surface area contributed by atoms with Crippen molar-refractivity contribution in [2.75, 3.05) is 6.54 Å². The van der Waals surface area contributed by atoms with Gasteiger partial charge in [0.2, 0.25) is 0 Å². The van der Waals surface area contributed by atoms with Gasteiger partial charge in [-0.15, -0.1) is 0 Å². The molecule has 3 aliphatic rings. The van der Waals surface area contributed by atoms with E-state index < -0.39 is 0 Å². The normalized spacial score (nSPS) is 37.6. The van der Waals surface area contributed by atoms with E-state index in [9.17, 15) is 4.79 Å². The van der Waals surface area contributed by atoms with E-state index in [1.165, 1.54) is 45.1 Å². The van der Waals surface area contributed by atoms with Crippen LogP contribution in [0, 0.1) is 5.92 Å². The first kappa shape index (κ1) is 10.8. The number of rotatable bonds is 2. The Morgan fingerprint density at radius 1 is 0.938 bits per heavy atom. The van der Waals surface area contributed by atoms with Gasteiger partial charge in [0.15, 0.2) is 0 Å². The number of ketones is 1. The van der Waals surface area contributed by atoms with Crippen molar-refractivity contribution >= 4 is 5.78 Å². The molecule has 0 N–H and O–H groups in total. The quantitative estimate of drug-likeness (QED) is 0.714. The summed E-state index contributed by atoms with van der Waals surface area (Å²) in [6, 6.07) is 1.07. The van der Waals surface area contributed by atoms with Gasteiger partial charge in [0.25, 0.3) is 0 Å². The predicted molar refractivity (Wildman–Crippen MR) is 64.3 cm³/mol. The van der Waals surface area contributed by atoms with E-state index in [0.29, 0.717) is 11.8 Å². The van der Waals surface area contributed by atoms with E-state index in [1.54, 1.807) is 0 Å². The van der Waals surface area contributed by atoms with E-state index >= 15 is 0 Å². The average Bonchev–Trinajstić information content (AvgIpc) is 2.95. The minimum Gasteiger partial charge on any atom is -0.298 e. The Bertz CT molecular complexity index is 270. The maximum Gasteiger partial charge on any atom is 0.149 e. The van der Waals surface area contributed by atoms with Crippen LogP contribution in [-0.2, 0) is 4.79 Å². The minimum atomic E-state index is 0.313. The molecule has 3 fully saturated rings. The van der Waals surface area contributed by atoms with Gasteiger partial charge in [-0.05, 0) is 51.0 Å². The van der Waals surface area contributed by atoms with Crippen LogP contribution in [0.5, 0.6) is 0 Å². The van der Waals surface area contributed by atoms with Crippen molar-refractivity contribution in [2.24, 2.45) is 5.92 Å². The molecule has 0 spiro atoms. The van der Waals surface area contributed by atoms with Gasteiger partial charge in [0.1, 0.15) is 5.78 Å². The summed E-state index contributed by atoms with van der Waals surface area (Å²) >= 11 is 0. The summed E-state index contributed by atoms with van der Waals surface area (Å²) in [6.07, 6.45) is 11.5. The second-order valence-corrected chi connectivity index (χ2v) is 5.87. The zero-order valence-corrected chi connectivity index (χ0v) is 10.2. The second kappa shape index (κ2) is 4.48. The number of carbonyl (C=O) groups excluding carboxylic acids is 1. The molecule has 2 nitrogen and oxygen atoms in total. The summed E-state index contributed by atoms with van der Waals surface area (Å²) in [6.45, 7) is 1.19. The van der Waals surface area contributed by atoms with Crippen molar-refractivity contribution in [2.45, 2.75) is 69.9 Å². The summed E-state index contributed by atoms with van der Waals surface area (Å²) in [5.74, 6) is 1.45.